The summed E-state index contributed by atoms with van der Waals surface area (Å²) in [5.41, 5.74) is 6.30. The number of benzene rings is 1. The Hall–Kier alpha value is -1.75. The van der Waals surface area contributed by atoms with E-state index in [4.69, 9.17) is 10.5 Å². The Morgan fingerprint density at radius 1 is 1.50 bits per heavy atom. The van der Waals surface area contributed by atoms with Gasteiger partial charge in [-0.3, -0.25) is 4.79 Å². The molecule has 1 fully saturated rings. The lowest BCUT2D eigenvalue weighted by molar-refractivity contribution is -0.131. The Balaban J connectivity index is 1.75. The molecule has 18 heavy (non-hydrogen) atoms. The van der Waals surface area contributed by atoms with Gasteiger partial charge >= 0.3 is 0 Å². The van der Waals surface area contributed by atoms with Crippen molar-refractivity contribution in [1.29, 1.82) is 0 Å². The van der Waals surface area contributed by atoms with Gasteiger partial charge < -0.3 is 20.5 Å². The largest absolute Gasteiger partial charge is 0.491 e. The molecule has 5 nitrogen and oxygen atoms in total. The van der Waals surface area contributed by atoms with Crippen molar-refractivity contribution in [2.24, 2.45) is 0 Å². The molecule has 1 saturated heterocycles. The Labute approximate surface area is 106 Å². The Morgan fingerprint density at radius 3 is 2.94 bits per heavy atom. The highest BCUT2D eigenvalue weighted by molar-refractivity contribution is 5.76. The number of likely N-dealkylation sites (tertiary alicyclic amines) is 1. The second-order valence-corrected chi connectivity index (χ2v) is 4.42. The first kappa shape index (κ1) is 12.7. The van der Waals surface area contributed by atoms with Crippen molar-refractivity contribution in [1.82, 2.24) is 4.90 Å². The molecule has 1 heterocycles. The number of β-amino-alcohol motifs (C(OH)–C–C–N with tert-alkyl or cyclic N) is 1. The van der Waals surface area contributed by atoms with Crippen LogP contribution in [0.2, 0.25) is 0 Å². The highest BCUT2D eigenvalue weighted by atomic mass is 16.5. The van der Waals surface area contributed by atoms with Crippen LogP contribution in [0.15, 0.2) is 24.3 Å². The van der Waals surface area contributed by atoms with Crippen LogP contribution in [-0.4, -0.2) is 41.7 Å². The van der Waals surface area contributed by atoms with E-state index in [1.807, 2.05) is 12.1 Å². The number of amides is 1. The standard InChI is InChI=1S/C13H18N2O3/c14-11-3-1-2-4-12(11)18-8-6-13(17)15-7-5-10(16)9-15/h1-4,10,16H,5-9,14H2. The molecule has 0 spiro atoms. The molecule has 1 amide bonds. The predicted molar refractivity (Wildman–Crippen MR) is 68.2 cm³/mol. The molecule has 1 aromatic carbocycles. The van der Waals surface area contributed by atoms with Gasteiger partial charge in [0.25, 0.3) is 0 Å². The molecule has 0 radical (unpaired) electrons. The summed E-state index contributed by atoms with van der Waals surface area (Å²) in [4.78, 5) is 13.4. The van der Waals surface area contributed by atoms with E-state index in [2.05, 4.69) is 0 Å². The summed E-state index contributed by atoms with van der Waals surface area (Å²) in [5.74, 6) is 0.618. The van der Waals surface area contributed by atoms with Crippen LogP contribution in [0, 0.1) is 0 Å². The number of anilines is 1. The third-order valence-electron chi connectivity index (χ3n) is 3.01. The van der Waals surface area contributed by atoms with E-state index in [9.17, 15) is 9.90 Å². The van der Waals surface area contributed by atoms with Crippen LogP contribution in [0.3, 0.4) is 0 Å². The number of hydrogen-bond acceptors (Lipinski definition) is 4. The van der Waals surface area contributed by atoms with Crippen LogP contribution < -0.4 is 10.5 Å². The zero-order chi connectivity index (χ0) is 13.0. The number of rotatable bonds is 4. The Kier molecular flexibility index (Phi) is 4.04. The molecule has 3 N–H and O–H groups in total. The van der Waals surface area contributed by atoms with Gasteiger partial charge in [0.15, 0.2) is 0 Å². The molecule has 1 aliphatic heterocycles. The van der Waals surface area contributed by atoms with Gasteiger partial charge in [-0.25, -0.2) is 0 Å². The van der Waals surface area contributed by atoms with Crippen molar-refractivity contribution >= 4 is 11.6 Å². The lowest BCUT2D eigenvalue weighted by atomic mass is 10.3. The average Bonchev–Trinajstić information content (AvgIpc) is 2.78. The minimum atomic E-state index is -0.375. The highest BCUT2D eigenvalue weighted by Crippen LogP contribution is 2.20. The summed E-state index contributed by atoms with van der Waals surface area (Å²) in [5, 5.41) is 9.35. The maximum atomic E-state index is 11.8. The quantitative estimate of drug-likeness (QED) is 0.769. The third-order valence-corrected chi connectivity index (χ3v) is 3.01. The average molecular weight is 250 g/mol. The summed E-state index contributed by atoms with van der Waals surface area (Å²) in [6.07, 6.45) is 0.596. The zero-order valence-corrected chi connectivity index (χ0v) is 10.2. The first-order valence-electron chi connectivity index (χ1n) is 6.10. The number of nitrogens with zero attached hydrogens (tertiary/aromatic N) is 1. The summed E-state index contributed by atoms with van der Waals surface area (Å²) in [6.45, 7) is 1.37. The smallest absolute Gasteiger partial charge is 0.226 e. The molecule has 1 unspecified atom stereocenters. The van der Waals surface area contributed by atoms with E-state index in [0.29, 0.717) is 44.0 Å². The molecule has 98 valence electrons. The first-order valence-corrected chi connectivity index (χ1v) is 6.10. The van der Waals surface area contributed by atoms with Gasteiger partial charge in [0.05, 0.1) is 24.8 Å². The molecule has 0 saturated carbocycles. The summed E-state index contributed by atoms with van der Waals surface area (Å²) in [6, 6.07) is 7.21. The van der Waals surface area contributed by atoms with E-state index >= 15 is 0 Å². The molecule has 0 bridgehead atoms. The molecule has 0 aromatic heterocycles. The van der Waals surface area contributed by atoms with Gasteiger partial charge in [-0.1, -0.05) is 12.1 Å². The number of aliphatic hydroxyl groups excluding tert-OH is 1. The van der Waals surface area contributed by atoms with Crippen LogP contribution >= 0.6 is 0 Å². The molecule has 1 aromatic rings. The summed E-state index contributed by atoms with van der Waals surface area (Å²) in [7, 11) is 0. The topological polar surface area (TPSA) is 75.8 Å². The fourth-order valence-corrected chi connectivity index (χ4v) is 1.99. The molecule has 1 aliphatic rings. The lowest BCUT2D eigenvalue weighted by Crippen LogP contribution is -2.30. The second-order valence-electron chi connectivity index (χ2n) is 4.42. The van der Waals surface area contributed by atoms with Gasteiger partial charge in [-0.2, -0.15) is 0 Å². The highest BCUT2D eigenvalue weighted by Gasteiger charge is 2.24. The van der Waals surface area contributed by atoms with Crippen molar-refractivity contribution in [3.63, 3.8) is 0 Å². The number of aliphatic hydroxyl groups is 1. The Bertz CT molecular complexity index is 422. The maximum absolute atomic E-state index is 11.8. The molecule has 1 atom stereocenters. The molecule has 2 rings (SSSR count). The summed E-state index contributed by atoms with van der Waals surface area (Å²) >= 11 is 0. The van der Waals surface area contributed by atoms with Gasteiger partial charge in [0, 0.05) is 13.1 Å². The fraction of sp³-hybridized carbons (Fsp3) is 0.462. The van der Waals surface area contributed by atoms with E-state index in [1.165, 1.54) is 0 Å². The minimum Gasteiger partial charge on any atom is -0.491 e. The summed E-state index contributed by atoms with van der Waals surface area (Å²) < 4.78 is 5.46. The first-order chi connectivity index (χ1) is 8.66. The van der Waals surface area contributed by atoms with Gasteiger partial charge in [-0.05, 0) is 18.6 Å². The van der Waals surface area contributed by atoms with Crippen molar-refractivity contribution < 1.29 is 14.6 Å². The normalized spacial score (nSPS) is 18.9. The molecule has 5 heteroatoms. The van der Waals surface area contributed by atoms with Crippen molar-refractivity contribution in [2.45, 2.75) is 18.9 Å². The van der Waals surface area contributed by atoms with Gasteiger partial charge in [0.2, 0.25) is 5.91 Å². The number of nitrogens with two attached hydrogens (primary N) is 1. The monoisotopic (exact) mass is 250 g/mol. The van der Waals surface area contributed by atoms with Crippen LogP contribution in [0.5, 0.6) is 5.75 Å². The number of carbonyl (C=O) groups excluding carboxylic acids is 1. The van der Waals surface area contributed by atoms with Crippen molar-refractivity contribution in [3.05, 3.63) is 24.3 Å². The van der Waals surface area contributed by atoms with Crippen LogP contribution in [0.25, 0.3) is 0 Å². The van der Waals surface area contributed by atoms with E-state index in [1.54, 1.807) is 17.0 Å². The predicted octanol–water partition coefficient (Wildman–Crippen LogP) is 0.631. The fourth-order valence-electron chi connectivity index (χ4n) is 1.99. The van der Waals surface area contributed by atoms with Crippen LogP contribution in [0.4, 0.5) is 5.69 Å². The van der Waals surface area contributed by atoms with Crippen LogP contribution in [-0.2, 0) is 4.79 Å². The number of ether oxygens (including phenoxy) is 1. The van der Waals surface area contributed by atoms with Gasteiger partial charge in [-0.15, -0.1) is 0 Å². The molecular formula is C13H18N2O3. The number of para-hydroxylation sites is 2. The van der Waals surface area contributed by atoms with Crippen LogP contribution in [0.1, 0.15) is 12.8 Å². The van der Waals surface area contributed by atoms with E-state index in [-0.39, 0.29) is 12.0 Å². The van der Waals surface area contributed by atoms with Gasteiger partial charge in [0.1, 0.15) is 5.75 Å². The Morgan fingerprint density at radius 2 is 2.28 bits per heavy atom. The maximum Gasteiger partial charge on any atom is 0.226 e. The number of hydrogen-bond donors (Lipinski definition) is 2. The molecular weight excluding hydrogens is 232 g/mol. The number of carbonyl (C=O) groups is 1. The van der Waals surface area contributed by atoms with E-state index in [0.717, 1.165) is 0 Å². The lowest BCUT2D eigenvalue weighted by Gasteiger charge is -2.15. The third kappa shape index (κ3) is 3.13. The van der Waals surface area contributed by atoms with Crippen molar-refractivity contribution in [3.8, 4) is 5.75 Å². The number of nitrogen functional groups attached to an aromatic ring is 1. The minimum absolute atomic E-state index is 0.0149. The van der Waals surface area contributed by atoms with Crippen molar-refractivity contribution in [2.75, 3.05) is 25.4 Å². The molecule has 0 aliphatic carbocycles. The van der Waals surface area contributed by atoms with E-state index < -0.39 is 0 Å². The SMILES string of the molecule is Nc1ccccc1OCCC(=O)N1CCC(O)C1. The zero-order valence-electron chi connectivity index (χ0n) is 10.2. The second kappa shape index (κ2) is 5.73.